The number of hydrogen-bond acceptors (Lipinski definition) is 5. The molecule has 0 aliphatic carbocycles. The lowest BCUT2D eigenvalue weighted by atomic mass is 10.0. The van der Waals surface area contributed by atoms with Crippen molar-refractivity contribution in [2.75, 3.05) is 38.2 Å². The fourth-order valence-corrected chi connectivity index (χ4v) is 4.46. The highest BCUT2D eigenvalue weighted by Crippen LogP contribution is 2.26. The van der Waals surface area contributed by atoms with E-state index in [9.17, 15) is 0 Å². The zero-order valence-corrected chi connectivity index (χ0v) is 18.8. The van der Waals surface area contributed by atoms with Crippen LogP contribution in [0.1, 0.15) is 49.6 Å². The second kappa shape index (κ2) is 10.5. The second-order valence-electron chi connectivity index (χ2n) is 7.44. The monoisotopic (exact) mass is 415 g/mol. The molecule has 1 aromatic heterocycles. The van der Waals surface area contributed by atoms with E-state index in [4.69, 9.17) is 14.7 Å². The van der Waals surface area contributed by atoms with Crippen LogP contribution in [-0.4, -0.2) is 44.2 Å². The van der Waals surface area contributed by atoms with Crippen LogP contribution in [0.2, 0.25) is 0 Å². The topological polar surface area (TPSA) is 61.8 Å². The first-order valence-electron chi connectivity index (χ1n) is 10.5. The third kappa shape index (κ3) is 5.85. The molecule has 1 aliphatic heterocycles. The van der Waals surface area contributed by atoms with Gasteiger partial charge in [-0.25, -0.2) is 4.98 Å². The molecule has 7 heteroatoms. The van der Waals surface area contributed by atoms with Gasteiger partial charge in [0.15, 0.2) is 11.1 Å². The number of aryl methyl sites for hydroxylation is 1. The summed E-state index contributed by atoms with van der Waals surface area (Å²) < 4.78 is 5.54. The van der Waals surface area contributed by atoms with Crippen LogP contribution in [0.4, 0.5) is 5.13 Å². The standard InChI is InChI=1S/C22H33N5OS/c1-5-23-21(25-17(3)19-14-16(2)8-9-20(19)28-4)24-11-10-18-15-29-22(26-18)27-12-6-7-13-27/h8-9,14-15,17H,5-7,10-13H2,1-4H3,(H2,23,24,25). The minimum absolute atomic E-state index is 0.0868. The molecule has 3 rings (SSSR count). The van der Waals surface area contributed by atoms with Crippen LogP contribution in [0.5, 0.6) is 5.75 Å². The average Bonchev–Trinajstić information content (AvgIpc) is 3.40. The van der Waals surface area contributed by atoms with Gasteiger partial charge in [-0.1, -0.05) is 17.7 Å². The normalized spacial score (nSPS) is 15.4. The molecular formula is C22H33N5OS. The molecule has 0 bridgehead atoms. The Morgan fingerprint density at radius 2 is 2.14 bits per heavy atom. The lowest BCUT2D eigenvalue weighted by Crippen LogP contribution is -2.39. The molecular weight excluding hydrogens is 382 g/mol. The van der Waals surface area contributed by atoms with Crippen LogP contribution in [0.15, 0.2) is 28.6 Å². The minimum atomic E-state index is 0.0868. The Hall–Kier alpha value is -2.28. The molecule has 158 valence electrons. The quantitative estimate of drug-likeness (QED) is 0.505. The number of nitrogens with one attached hydrogen (secondary N) is 2. The number of aliphatic imine (C=N–C) groups is 1. The number of nitrogens with zero attached hydrogens (tertiary/aromatic N) is 3. The smallest absolute Gasteiger partial charge is 0.191 e. The summed E-state index contributed by atoms with van der Waals surface area (Å²) in [5.74, 6) is 1.71. The maximum Gasteiger partial charge on any atom is 0.191 e. The maximum atomic E-state index is 5.54. The van der Waals surface area contributed by atoms with E-state index in [0.717, 1.165) is 54.2 Å². The van der Waals surface area contributed by atoms with E-state index in [2.05, 4.69) is 53.8 Å². The van der Waals surface area contributed by atoms with E-state index in [1.807, 2.05) is 6.07 Å². The van der Waals surface area contributed by atoms with Gasteiger partial charge < -0.3 is 20.3 Å². The van der Waals surface area contributed by atoms with Crippen molar-refractivity contribution in [1.82, 2.24) is 15.6 Å². The Kier molecular flexibility index (Phi) is 7.75. The van der Waals surface area contributed by atoms with Crippen molar-refractivity contribution in [3.63, 3.8) is 0 Å². The molecule has 1 saturated heterocycles. The Bertz CT molecular complexity index is 813. The van der Waals surface area contributed by atoms with Crippen LogP contribution < -0.4 is 20.3 Å². The number of methoxy groups -OCH3 is 1. The van der Waals surface area contributed by atoms with Gasteiger partial charge >= 0.3 is 0 Å². The summed E-state index contributed by atoms with van der Waals surface area (Å²) in [6.45, 7) is 10.1. The second-order valence-corrected chi connectivity index (χ2v) is 8.27. The van der Waals surface area contributed by atoms with Gasteiger partial charge in [0.25, 0.3) is 0 Å². The van der Waals surface area contributed by atoms with Crippen molar-refractivity contribution in [1.29, 1.82) is 0 Å². The summed E-state index contributed by atoms with van der Waals surface area (Å²) in [5, 5.41) is 10.2. The SMILES string of the molecule is CCNC(=NCCc1csc(N2CCCC2)n1)NC(C)c1cc(C)ccc1OC. The van der Waals surface area contributed by atoms with Crippen LogP contribution >= 0.6 is 11.3 Å². The molecule has 0 spiro atoms. The number of anilines is 1. The maximum absolute atomic E-state index is 5.54. The zero-order chi connectivity index (χ0) is 20.6. The number of ether oxygens (including phenoxy) is 1. The molecule has 6 nitrogen and oxygen atoms in total. The minimum Gasteiger partial charge on any atom is -0.496 e. The molecule has 2 aromatic rings. The predicted octanol–water partition coefficient (Wildman–Crippen LogP) is 3.92. The average molecular weight is 416 g/mol. The molecule has 0 saturated carbocycles. The first kappa shape index (κ1) is 21.4. The van der Waals surface area contributed by atoms with E-state index in [1.165, 1.54) is 18.4 Å². The van der Waals surface area contributed by atoms with Gasteiger partial charge in [-0.05, 0) is 39.7 Å². The van der Waals surface area contributed by atoms with Crippen molar-refractivity contribution in [2.24, 2.45) is 4.99 Å². The number of rotatable bonds is 8. The fourth-order valence-electron chi connectivity index (χ4n) is 3.54. The van der Waals surface area contributed by atoms with Gasteiger partial charge in [0, 0.05) is 43.5 Å². The van der Waals surface area contributed by atoms with Gasteiger partial charge in [-0.15, -0.1) is 11.3 Å². The van der Waals surface area contributed by atoms with E-state index < -0.39 is 0 Å². The third-order valence-electron chi connectivity index (χ3n) is 5.10. The Morgan fingerprint density at radius 1 is 1.34 bits per heavy atom. The summed E-state index contributed by atoms with van der Waals surface area (Å²) >= 11 is 1.75. The van der Waals surface area contributed by atoms with E-state index in [-0.39, 0.29) is 6.04 Å². The summed E-state index contributed by atoms with van der Waals surface area (Å²) in [7, 11) is 1.71. The molecule has 2 heterocycles. The zero-order valence-electron chi connectivity index (χ0n) is 18.0. The molecule has 0 radical (unpaired) electrons. The lowest BCUT2D eigenvalue weighted by Gasteiger charge is -2.20. The molecule has 2 N–H and O–H groups in total. The number of hydrogen-bond donors (Lipinski definition) is 2. The third-order valence-corrected chi connectivity index (χ3v) is 6.05. The first-order valence-corrected chi connectivity index (χ1v) is 11.4. The highest BCUT2D eigenvalue weighted by Gasteiger charge is 2.16. The summed E-state index contributed by atoms with van der Waals surface area (Å²) in [5.41, 5.74) is 3.48. The lowest BCUT2D eigenvalue weighted by molar-refractivity contribution is 0.405. The first-order chi connectivity index (χ1) is 14.1. The summed E-state index contributed by atoms with van der Waals surface area (Å²) in [6, 6.07) is 6.34. The van der Waals surface area contributed by atoms with Crippen molar-refractivity contribution in [3.8, 4) is 5.75 Å². The summed E-state index contributed by atoms with van der Waals surface area (Å²) in [4.78, 5) is 11.9. The molecule has 1 aliphatic rings. The molecule has 1 fully saturated rings. The van der Waals surface area contributed by atoms with Gasteiger partial charge in [0.1, 0.15) is 5.75 Å². The van der Waals surface area contributed by atoms with Crippen LogP contribution in [-0.2, 0) is 6.42 Å². The number of thiazole rings is 1. The van der Waals surface area contributed by atoms with Crippen LogP contribution in [0.25, 0.3) is 0 Å². The van der Waals surface area contributed by atoms with Gasteiger partial charge in [-0.2, -0.15) is 0 Å². The Balaban J connectivity index is 1.60. The van der Waals surface area contributed by atoms with Crippen molar-refractivity contribution in [2.45, 2.75) is 46.1 Å². The van der Waals surface area contributed by atoms with Crippen molar-refractivity contribution < 1.29 is 4.74 Å². The molecule has 29 heavy (non-hydrogen) atoms. The molecule has 1 unspecified atom stereocenters. The van der Waals surface area contributed by atoms with Gasteiger partial charge in [-0.3, -0.25) is 4.99 Å². The Morgan fingerprint density at radius 3 is 2.86 bits per heavy atom. The number of benzene rings is 1. The van der Waals surface area contributed by atoms with Crippen molar-refractivity contribution >= 4 is 22.4 Å². The number of guanidine groups is 1. The molecule has 1 atom stereocenters. The highest BCUT2D eigenvalue weighted by molar-refractivity contribution is 7.13. The largest absolute Gasteiger partial charge is 0.496 e. The van der Waals surface area contributed by atoms with Gasteiger partial charge in [0.2, 0.25) is 0 Å². The van der Waals surface area contributed by atoms with E-state index >= 15 is 0 Å². The fraction of sp³-hybridized carbons (Fsp3) is 0.545. The van der Waals surface area contributed by atoms with Crippen molar-refractivity contribution in [3.05, 3.63) is 40.4 Å². The molecule has 1 aromatic carbocycles. The highest BCUT2D eigenvalue weighted by atomic mass is 32.1. The predicted molar refractivity (Wildman–Crippen MR) is 123 cm³/mol. The Labute approximate surface area is 178 Å². The van der Waals surface area contributed by atoms with Crippen LogP contribution in [0.3, 0.4) is 0 Å². The van der Waals surface area contributed by atoms with Crippen LogP contribution in [0, 0.1) is 6.92 Å². The molecule has 0 amide bonds. The number of aromatic nitrogens is 1. The van der Waals surface area contributed by atoms with E-state index in [0.29, 0.717) is 6.54 Å². The van der Waals surface area contributed by atoms with Gasteiger partial charge in [0.05, 0.1) is 18.8 Å². The summed E-state index contributed by atoms with van der Waals surface area (Å²) in [6.07, 6.45) is 3.41. The van der Waals surface area contributed by atoms with E-state index in [1.54, 1.807) is 18.4 Å².